The molecule has 10 heavy (non-hydrogen) atoms. The molecule has 0 N–H and O–H groups in total. The van der Waals surface area contributed by atoms with Crippen molar-refractivity contribution in [3.63, 3.8) is 0 Å². The number of allylic oxidation sites excluding steroid dienone is 2. The first-order valence-electron chi connectivity index (χ1n) is 3.57. The molecule has 0 bridgehead atoms. The van der Waals surface area contributed by atoms with Crippen LogP contribution in [0.3, 0.4) is 0 Å². The van der Waals surface area contributed by atoms with Crippen molar-refractivity contribution in [2.45, 2.75) is 18.1 Å². The van der Waals surface area contributed by atoms with Gasteiger partial charge in [0, 0.05) is 0 Å². The standard InChI is InChI=1S/C7H10O2S/c8-10(9)5-6-3-1-2-4-7(6)10/h1-2,6-7H,3-5H2/t6-,7-/m1/s1. The number of rotatable bonds is 0. The van der Waals surface area contributed by atoms with Gasteiger partial charge in [0.2, 0.25) is 0 Å². The monoisotopic (exact) mass is 158 g/mol. The fraction of sp³-hybridized carbons (Fsp3) is 0.714. The van der Waals surface area contributed by atoms with E-state index in [0.717, 1.165) is 12.8 Å². The molecule has 2 rings (SSSR count). The summed E-state index contributed by atoms with van der Waals surface area (Å²) in [7, 11) is -2.63. The Balaban J connectivity index is 2.26. The average Bonchev–Trinajstić information content (AvgIpc) is 1.86. The molecule has 0 amide bonds. The predicted octanol–water partition coefficient (Wildman–Crippen LogP) is 0.750. The number of hydrogen-bond donors (Lipinski definition) is 0. The largest absolute Gasteiger partial charge is 0.229 e. The Morgan fingerprint density at radius 1 is 1.20 bits per heavy atom. The molecule has 0 unspecified atom stereocenters. The second-order valence-electron chi connectivity index (χ2n) is 3.07. The summed E-state index contributed by atoms with van der Waals surface area (Å²) in [6, 6.07) is 0. The van der Waals surface area contributed by atoms with Crippen molar-refractivity contribution >= 4 is 9.84 Å². The van der Waals surface area contributed by atoms with Crippen molar-refractivity contribution < 1.29 is 8.42 Å². The lowest BCUT2D eigenvalue weighted by atomic mass is 9.95. The van der Waals surface area contributed by atoms with Gasteiger partial charge in [-0.05, 0) is 18.8 Å². The van der Waals surface area contributed by atoms with Gasteiger partial charge in [-0.15, -0.1) is 0 Å². The minimum Gasteiger partial charge on any atom is -0.229 e. The Labute approximate surface area is 60.9 Å². The molecule has 3 heteroatoms. The number of hydrogen-bond acceptors (Lipinski definition) is 2. The zero-order chi connectivity index (χ0) is 7.19. The van der Waals surface area contributed by atoms with Crippen molar-refractivity contribution in [1.29, 1.82) is 0 Å². The van der Waals surface area contributed by atoms with Gasteiger partial charge in [0.1, 0.15) is 0 Å². The van der Waals surface area contributed by atoms with Crippen LogP contribution in [0.2, 0.25) is 0 Å². The predicted molar refractivity (Wildman–Crippen MR) is 39.4 cm³/mol. The van der Waals surface area contributed by atoms with Crippen LogP contribution < -0.4 is 0 Å². The van der Waals surface area contributed by atoms with Crippen LogP contribution in [0.4, 0.5) is 0 Å². The van der Waals surface area contributed by atoms with Gasteiger partial charge in [-0.3, -0.25) is 0 Å². The van der Waals surface area contributed by atoms with Crippen LogP contribution in [0.25, 0.3) is 0 Å². The fourth-order valence-electron chi connectivity index (χ4n) is 1.76. The first-order chi connectivity index (χ1) is 4.70. The molecule has 0 aromatic rings. The molecular weight excluding hydrogens is 148 g/mol. The molecule has 56 valence electrons. The highest BCUT2D eigenvalue weighted by molar-refractivity contribution is 7.93. The average molecular weight is 158 g/mol. The van der Waals surface area contributed by atoms with Gasteiger partial charge in [0.25, 0.3) is 0 Å². The molecule has 1 aliphatic carbocycles. The first kappa shape index (κ1) is 6.40. The Morgan fingerprint density at radius 2 is 1.90 bits per heavy atom. The maximum Gasteiger partial charge on any atom is 0.154 e. The molecule has 2 aliphatic rings. The van der Waals surface area contributed by atoms with E-state index in [9.17, 15) is 8.42 Å². The van der Waals surface area contributed by atoms with Gasteiger partial charge in [-0.2, -0.15) is 0 Å². The molecule has 0 radical (unpaired) electrons. The van der Waals surface area contributed by atoms with Gasteiger partial charge in [0.05, 0.1) is 11.0 Å². The summed E-state index contributed by atoms with van der Waals surface area (Å²) in [5.41, 5.74) is 0. The highest BCUT2D eigenvalue weighted by Gasteiger charge is 2.45. The van der Waals surface area contributed by atoms with Crippen molar-refractivity contribution in [2.24, 2.45) is 5.92 Å². The second kappa shape index (κ2) is 1.84. The van der Waals surface area contributed by atoms with Crippen LogP contribution in [0.15, 0.2) is 12.2 Å². The lowest BCUT2D eigenvalue weighted by molar-refractivity contribution is 0.441. The molecule has 1 fully saturated rings. The van der Waals surface area contributed by atoms with Crippen LogP contribution in [-0.4, -0.2) is 19.4 Å². The molecule has 0 saturated carbocycles. The summed E-state index contributed by atoms with van der Waals surface area (Å²) >= 11 is 0. The lowest BCUT2D eigenvalue weighted by Crippen LogP contribution is -2.47. The molecule has 1 saturated heterocycles. The van der Waals surface area contributed by atoms with Crippen molar-refractivity contribution in [1.82, 2.24) is 0 Å². The summed E-state index contributed by atoms with van der Waals surface area (Å²) in [5.74, 6) is 0.886. The third-order valence-corrected chi connectivity index (χ3v) is 4.80. The van der Waals surface area contributed by atoms with Gasteiger partial charge in [-0.25, -0.2) is 8.42 Å². The van der Waals surface area contributed by atoms with Crippen LogP contribution in [0, 0.1) is 5.92 Å². The summed E-state index contributed by atoms with van der Waals surface area (Å²) in [5, 5.41) is -0.0162. The van der Waals surface area contributed by atoms with E-state index >= 15 is 0 Å². The van der Waals surface area contributed by atoms with E-state index in [2.05, 4.69) is 6.08 Å². The summed E-state index contributed by atoms with van der Waals surface area (Å²) in [6.45, 7) is 0. The Hall–Kier alpha value is -0.310. The minimum atomic E-state index is -2.63. The third kappa shape index (κ3) is 0.732. The van der Waals surface area contributed by atoms with Gasteiger partial charge in [-0.1, -0.05) is 12.2 Å². The van der Waals surface area contributed by atoms with Crippen LogP contribution in [-0.2, 0) is 9.84 Å². The van der Waals surface area contributed by atoms with E-state index in [1.165, 1.54) is 0 Å². The number of fused-ring (bicyclic) bond motifs is 1. The zero-order valence-electron chi connectivity index (χ0n) is 5.66. The summed E-state index contributed by atoms with van der Waals surface area (Å²) in [6.07, 6.45) is 5.81. The highest BCUT2D eigenvalue weighted by atomic mass is 32.2. The van der Waals surface area contributed by atoms with E-state index in [4.69, 9.17) is 0 Å². The van der Waals surface area contributed by atoms with E-state index in [1.54, 1.807) is 0 Å². The van der Waals surface area contributed by atoms with E-state index < -0.39 is 9.84 Å². The molecule has 1 aliphatic heterocycles. The maximum atomic E-state index is 11.0. The zero-order valence-corrected chi connectivity index (χ0v) is 6.47. The van der Waals surface area contributed by atoms with Crippen molar-refractivity contribution in [3.8, 4) is 0 Å². The topological polar surface area (TPSA) is 34.1 Å². The van der Waals surface area contributed by atoms with E-state index in [-0.39, 0.29) is 5.25 Å². The first-order valence-corrected chi connectivity index (χ1v) is 5.28. The molecule has 2 atom stereocenters. The molecule has 0 aromatic carbocycles. The molecular formula is C7H10O2S. The van der Waals surface area contributed by atoms with E-state index in [1.807, 2.05) is 6.08 Å². The van der Waals surface area contributed by atoms with Crippen LogP contribution in [0.5, 0.6) is 0 Å². The Bertz CT molecular complexity index is 263. The van der Waals surface area contributed by atoms with Crippen molar-refractivity contribution in [2.75, 3.05) is 5.75 Å². The SMILES string of the molecule is O=S1(=O)C[C@H]2CC=CC[C@H]21. The molecule has 0 spiro atoms. The molecule has 1 heterocycles. The quantitative estimate of drug-likeness (QED) is 0.487. The molecule has 2 nitrogen and oxygen atoms in total. The van der Waals surface area contributed by atoms with Crippen LogP contribution in [0.1, 0.15) is 12.8 Å². The minimum absolute atomic E-state index is 0.0162. The van der Waals surface area contributed by atoms with Crippen LogP contribution >= 0.6 is 0 Å². The normalized spacial score (nSPS) is 42.0. The second-order valence-corrected chi connectivity index (χ2v) is 5.34. The number of sulfone groups is 1. The smallest absolute Gasteiger partial charge is 0.154 e. The van der Waals surface area contributed by atoms with Crippen molar-refractivity contribution in [3.05, 3.63) is 12.2 Å². The van der Waals surface area contributed by atoms with Gasteiger partial charge in [0.15, 0.2) is 9.84 Å². The summed E-state index contributed by atoms with van der Waals surface area (Å²) < 4.78 is 22.0. The summed E-state index contributed by atoms with van der Waals surface area (Å²) in [4.78, 5) is 0. The lowest BCUT2D eigenvalue weighted by Gasteiger charge is -2.37. The Kier molecular flexibility index (Phi) is 1.18. The maximum absolute atomic E-state index is 11.0. The van der Waals surface area contributed by atoms with Gasteiger partial charge < -0.3 is 0 Å². The third-order valence-electron chi connectivity index (χ3n) is 2.41. The van der Waals surface area contributed by atoms with Gasteiger partial charge >= 0.3 is 0 Å². The Morgan fingerprint density at radius 3 is 2.40 bits per heavy atom. The fourth-order valence-corrected chi connectivity index (χ4v) is 3.81. The highest BCUT2D eigenvalue weighted by Crippen LogP contribution is 2.36. The van der Waals surface area contributed by atoms with E-state index in [0.29, 0.717) is 11.7 Å². The molecule has 0 aromatic heterocycles.